The summed E-state index contributed by atoms with van der Waals surface area (Å²) in [6, 6.07) is 7.43. The lowest BCUT2D eigenvalue weighted by Gasteiger charge is -2.08. The first-order chi connectivity index (χ1) is 14.5. The number of thiazole rings is 1. The SMILES string of the molecule is CCOC(=O)Cc1csc(NC(=O)CSc2nnc(-c3ccccc3Cl)n2CC)n1. The normalized spacial score (nSPS) is 10.8. The number of carbonyl (C=O) groups excluding carboxylic acids is 2. The highest BCUT2D eigenvalue weighted by molar-refractivity contribution is 7.99. The summed E-state index contributed by atoms with van der Waals surface area (Å²) in [6.07, 6.45) is 0.0827. The van der Waals surface area contributed by atoms with E-state index in [9.17, 15) is 9.59 Å². The molecule has 0 saturated heterocycles. The molecule has 3 aromatic rings. The first-order valence-electron chi connectivity index (χ1n) is 9.22. The van der Waals surface area contributed by atoms with Gasteiger partial charge >= 0.3 is 5.97 Å². The average Bonchev–Trinajstić information content (AvgIpc) is 3.33. The van der Waals surface area contributed by atoms with Gasteiger partial charge in [-0.1, -0.05) is 35.5 Å². The lowest BCUT2D eigenvalue weighted by molar-refractivity contribution is -0.142. The molecule has 0 saturated carbocycles. The van der Waals surface area contributed by atoms with Gasteiger partial charge in [-0.05, 0) is 26.0 Å². The van der Waals surface area contributed by atoms with Gasteiger partial charge in [-0.15, -0.1) is 21.5 Å². The molecule has 1 amide bonds. The van der Waals surface area contributed by atoms with E-state index in [1.165, 1.54) is 23.1 Å². The average molecular weight is 466 g/mol. The maximum Gasteiger partial charge on any atom is 0.311 e. The van der Waals surface area contributed by atoms with Crippen LogP contribution in [-0.4, -0.2) is 44.0 Å². The van der Waals surface area contributed by atoms with Crippen LogP contribution in [0.5, 0.6) is 0 Å². The first-order valence-corrected chi connectivity index (χ1v) is 11.5. The van der Waals surface area contributed by atoms with Gasteiger partial charge in [0.25, 0.3) is 0 Å². The van der Waals surface area contributed by atoms with E-state index in [1.807, 2.05) is 29.7 Å². The van der Waals surface area contributed by atoms with E-state index in [0.29, 0.717) is 40.0 Å². The van der Waals surface area contributed by atoms with Gasteiger partial charge in [-0.2, -0.15) is 0 Å². The second-order valence-corrected chi connectivity index (χ2v) is 8.20. The highest BCUT2D eigenvalue weighted by Crippen LogP contribution is 2.29. The molecule has 158 valence electrons. The monoisotopic (exact) mass is 465 g/mol. The number of nitrogens with one attached hydrogen (secondary N) is 1. The van der Waals surface area contributed by atoms with Crippen LogP contribution >= 0.6 is 34.7 Å². The van der Waals surface area contributed by atoms with Crippen molar-refractivity contribution in [2.75, 3.05) is 17.7 Å². The van der Waals surface area contributed by atoms with E-state index in [1.54, 1.807) is 18.4 Å². The number of aromatic nitrogens is 4. The van der Waals surface area contributed by atoms with E-state index in [4.69, 9.17) is 16.3 Å². The van der Waals surface area contributed by atoms with Crippen molar-refractivity contribution in [3.05, 3.63) is 40.4 Å². The Kier molecular flexibility index (Phi) is 7.83. The van der Waals surface area contributed by atoms with Crippen molar-refractivity contribution < 1.29 is 14.3 Å². The summed E-state index contributed by atoms with van der Waals surface area (Å²) < 4.78 is 6.82. The zero-order valence-electron chi connectivity index (χ0n) is 16.4. The van der Waals surface area contributed by atoms with Crippen LogP contribution in [0.3, 0.4) is 0 Å². The van der Waals surface area contributed by atoms with E-state index in [2.05, 4.69) is 20.5 Å². The third-order valence-corrected chi connectivity index (χ3v) is 6.01. The van der Waals surface area contributed by atoms with Crippen LogP contribution in [-0.2, 0) is 27.3 Å². The van der Waals surface area contributed by atoms with E-state index >= 15 is 0 Å². The molecule has 11 heteroatoms. The predicted molar refractivity (Wildman–Crippen MR) is 118 cm³/mol. The molecule has 3 rings (SSSR count). The van der Waals surface area contributed by atoms with Crippen LogP contribution in [0.2, 0.25) is 5.02 Å². The van der Waals surface area contributed by atoms with Gasteiger partial charge in [0.05, 0.1) is 29.5 Å². The molecule has 0 spiro atoms. The van der Waals surface area contributed by atoms with Crippen LogP contribution in [0, 0.1) is 0 Å². The molecule has 0 atom stereocenters. The molecular weight excluding hydrogens is 446 g/mol. The van der Waals surface area contributed by atoms with Crippen molar-refractivity contribution in [3.8, 4) is 11.4 Å². The molecule has 0 unspecified atom stereocenters. The minimum Gasteiger partial charge on any atom is -0.466 e. The fraction of sp³-hybridized carbons (Fsp3) is 0.316. The third-order valence-electron chi connectivity index (χ3n) is 3.91. The molecule has 0 aliphatic heterocycles. The van der Waals surface area contributed by atoms with E-state index in [0.717, 1.165) is 5.56 Å². The Labute approximate surface area is 187 Å². The number of benzene rings is 1. The Morgan fingerprint density at radius 3 is 2.80 bits per heavy atom. The maximum atomic E-state index is 12.3. The molecule has 8 nitrogen and oxygen atoms in total. The Morgan fingerprint density at radius 2 is 2.07 bits per heavy atom. The van der Waals surface area contributed by atoms with Crippen LogP contribution in [0.4, 0.5) is 5.13 Å². The highest BCUT2D eigenvalue weighted by atomic mass is 35.5. The molecule has 1 aromatic carbocycles. The molecule has 1 N–H and O–H groups in total. The van der Waals surface area contributed by atoms with Gasteiger partial charge in [-0.3, -0.25) is 9.59 Å². The topological polar surface area (TPSA) is 99.0 Å². The lowest BCUT2D eigenvalue weighted by atomic mass is 10.2. The Balaban J connectivity index is 1.60. The molecule has 0 radical (unpaired) electrons. The zero-order valence-corrected chi connectivity index (χ0v) is 18.8. The molecule has 0 aliphatic rings. The first kappa shape index (κ1) is 22.3. The molecule has 2 aromatic heterocycles. The zero-order chi connectivity index (χ0) is 21.5. The number of rotatable bonds is 9. The lowest BCUT2D eigenvalue weighted by Crippen LogP contribution is -2.15. The van der Waals surface area contributed by atoms with Crippen LogP contribution < -0.4 is 5.32 Å². The molecule has 2 heterocycles. The van der Waals surface area contributed by atoms with Crippen molar-refractivity contribution in [2.45, 2.75) is 32.0 Å². The number of hydrogen-bond donors (Lipinski definition) is 1. The van der Waals surface area contributed by atoms with Crippen molar-refractivity contribution in [2.24, 2.45) is 0 Å². The number of amides is 1. The summed E-state index contributed by atoms with van der Waals surface area (Å²) in [5.74, 6) is 0.244. The number of anilines is 1. The number of esters is 1. The summed E-state index contributed by atoms with van der Waals surface area (Å²) in [5, 5.41) is 14.6. The standard InChI is InChI=1S/C19H20ClN5O3S2/c1-3-25-17(13-7-5-6-8-14(13)20)23-24-19(25)30-11-15(26)22-18-21-12(10-29-18)9-16(27)28-4-2/h5-8,10H,3-4,9,11H2,1-2H3,(H,21,22,26). The number of halogens is 1. The van der Waals surface area contributed by atoms with Gasteiger partial charge in [-0.25, -0.2) is 4.98 Å². The van der Waals surface area contributed by atoms with Crippen molar-refractivity contribution in [1.82, 2.24) is 19.7 Å². The molecule has 0 aliphatic carbocycles. The number of ether oxygens (including phenoxy) is 1. The quantitative estimate of drug-likeness (QED) is 0.377. The number of carbonyl (C=O) groups is 2. The molecule has 0 bridgehead atoms. The maximum absolute atomic E-state index is 12.3. The second-order valence-electron chi connectivity index (χ2n) is 5.99. The third kappa shape index (κ3) is 5.59. The van der Waals surface area contributed by atoms with Crippen molar-refractivity contribution in [3.63, 3.8) is 0 Å². The number of nitrogens with zero attached hydrogens (tertiary/aromatic N) is 4. The van der Waals surface area contributed by atoms with Crippen molar-refractivity contribution >= 4 is 51.7 Å². The van der Waals surface area contributed by atoms with E-state index in [-0.39, 0.29) is 24.1 Å². The molecule has 30 heavy (non-hydrogen) atoms. The van der Waals surface area contributed by atoms with Crippen LogP contribution in [0.1, 0.15) is 19.5 Å². The van der Waals surface area contributed by atoms with Gasteiger partial charge in [0, 0.05) is 17.5 Å². The summed E-state index contributed by atoms with van der Waals surface area (Å²) in [7, 11) is 0. The predicted octanol–water partition coefficient (Wildman–Crippen LogP) is 3.91. The smallest absolute Gasteiger partial charge is 0.311 e. The summed E-state index contributed by atoms with van der Waals surface area (Å²) in [5.41, 5.74) is 1.36. The Bertz CT molecular complexity index is 1040. The minimum absolute atomic E-state index is 0.0827. The second kappa shape index (κ2) is 10.6. The van der Waals surface area contributed by atoms with Gasteiger partial charge < -0.3 is 14.6 Å². The van der Waals surface area contributed by atoms with Gasteiger partial charge in [0.1, 0.15) is 0 Å². The summed E-state index contributed by atoms with van der Waals surface area (Å²) in [6.45, 7) is 4.69. The van der Waals surface area contributed by atoms with Crippen molar-refractivity contribution in [1.29, 1.82) is 0 Å². The summed E-state index contributed by atoms with van der Waals surface area (Å²) in [4.78, 5) is 28.1. The fourth-order valence-electron chi connectivity index (χ4n) is 2.61. The highest BCUT2D eigenvalue weighted by Gasteiger charge is 2.17. The fourth-order valence-corrected chi connectivity index (χ4v) is 4.36. The molecule has 0 fully saturated rings. The molecular formula is C19H20ClN5O3S2. The van der Waals surface area contributed by atoms with Gasteiger partial charge in [0.2, 0.25) is 5.91 Å². The van der Waals surface area contributed by atoms with Gasteiger partial charge in [0.15, 0.2) is 16.1 Å². The number of hydrogen-bond acceptors (Lipinski definition) is 8. The Hall–Kier alpha value is -2.43. The largest absolute Gasteiger partial charge is 0.466 e. The number of thioether (sulfide) groups is 1. The summed E-state index contributed by atoms with van der Waals surface area (Å²) >= 11 is 8.82. The van der Waals surface area contributed by atoms with E-state index < -0.39 is 0 Å². The van der Waals surface area contributed by atoms with Crippen LogP contribution in [0.15, 0.2) is 34.8 Å². The minimum atomic E-state index is -0.343. The van der Waals surface area contributed by atoms with Crippen LogP contribution in [0.25, 0.3) is 11.4 Å². The Morgan fingerprint density at radius 1 is 1.27 bits per heavy atom.